The summed E-state index contributed by atoms with van der Waals surface area (Å²) < 4.78 is 5.24. The SMILES string of the molecule is Cc1cccc(Cc2noc(Cc3csc(N)n3)n2)c1. The van der Waals surface area contributed by atoms with Gasteiger partial charge >= 0.3 is 0 Å². The van der Waals surface area contributed by atoms with Gasteiger partial charge in [0.15, 0.2) is 11.0 Å². The number of thiazole rings is 1. The number of hydrogen-bond donors (Lipinski definition) is 1. The number of aryl methyl sites for hydroxylation is 1. The molecule has 0 saturated heterocycles. The van der Waals surface area contributed by atoms with Gasteiger partial charge in [-0.1, -0.05) is 35.0 Å². The molecule has 5 nitrogen and oxygen atoms in total. The third-order valence-corrected chi connectivity index (χ3v) is 3.58. The van der Waals surface area contributed by atoms with Crippen LogP contribution in [-0.2, 0) is 12.8 Å². The molecule has 0 aliphatic carbocycles. The molecule has 3 aromatic rings. The Morgan fingerprint density at radius 1 is 1.25 bits per heavy atom. The van der Waals surface area contributed by atoms with E-state index in [-0.39, 0.29) is 0 Å². The number of anilines is 1. The smallest absolute Gasteiger partial charge is 0.232 e. The van der Waals surface area contributed by atoms with Gasteiger partial charge in [0, 0.05) is 11.8 Å². The third kappa shape index (κ3) is 3.03. The first-order valence-corrected chi connectivity index (χ1v) is 7.14. The van der Waals surface area contributed by atoms with Crippen molar-refractivity contribution in [2.45, 2.75) is 19.8 Å². The number of nitrogens with zero attached hydrogens (tertiary/aromatic N) is 3. The summed E-state index contributed by atoms with van der Waals surface area (Å²) in [6, 6.07) is 8.28. The highest BCUT2D eigenvalue weighted by Gasteiger charge is 2.10. The minimum Gasteiger partial charge on any atom is -0.375 e. The minimum absolute atomic E-state index is 0.522. The number of hydrogen-bond acceptors (Lipinski definition) is 6. The van der Waals surface area contributed by atoms with Crippen LogP contribution in [0.1, 0.15) is 28.5 Å². The van der Waals surface area contributed by atoms with E-state index < -0.39 is 0 Å². The van der Waals surface area contributed by atoms with E-state index in [0.29, 0.717) is 29.7 Å². The molecular weight excluding hydrogens is 272 g/mol. The number of nitrogens with two attached hydrogens (primary N) is 1. The first-order valence-electron chi connectivity index (χ1n) is 6.26. The van der Waals surface area contributed by atoms with Crippen molar-refractivity contribution in [3.63, 3.8) is 0 Å². The van der Waals surface area contributed by atoms with Crippen molar-refractivity contribution in [1.29, 1.82) is 0 Å². The molecule has 6 heteroatoms. The number of nitrogen functional groups attached to an aromatic ring is 1. The Hall–Kier alpha value is -2.21. The average Bonchev–Trinajstić information content (AvgIpc) is 3.00. The molecule has 0 aliphatic rings. The maximum absolute atomic E-state index is 5.59. The quantitative estimate of drug-likeness (QED) is 0.797. The van der Waals surface area contributed by atoms with Crippen LogP contribution in [0.25, 0.3) is 0 Å². The zero-order valence-electron chi connectivity index (χ0n) is 11.0. The number of aromatic nitrogens is 3. The van der Waals surface area contributed by atoms with Gasteiger partial charge in [-0.25, -0.2) is 4.98 Å². The van der Waals surface area contributed by atoms with Crippen molar-refractivity contribution in [3.05, 3.63) is 58.2 Å². The zero-order chi connectivity index (χ0) is 13.9. The lowest BCUT2D eigenvalue weighted by Gasteiger charge is -1.97. The largest absolute Gasteiger partial charge is 0.375 e. The molecule has 3 rings (SSSR count). The standard InChI is InChI=1S/C14H14N4OS/c1-9-3-2-4-10(5-9)6-12-17-13(19-18-12)7-11-8-20-14(15)16-11/h2-5,8H,6-7H2,1H3,(H2,15,16). The second kappa shape index (κ2) is 5.42. The highest BCUT2D eigenvalue weighted by atomic mass is 32.1. The van der Waals surface area contributed by atoms with Gasteiger partial charge in [0.25, 0.3) is 0 Å². The third-order valence-electron chi connectivity index (χ3n) is 2.86. The maximum atomic E-state index is 5.59. The van der Waals surface area contributed by atoms with Crippen LogP contribution < -0.4 is 5.73 Å². The van der Waals surface area contributed by atoms with Gasteiger partial charge in [-0.3, -0.25) is 0 Å². The van der Waals surface area contributed by atoms with Gasteiger partial charge in [0.05, 0.1) is 12.1 Å². The van der Waals surface area contributed by atoms with Gasteiger partial charge < -0.3 is 10.3 Å². The van der Waals surface area contributed by atoms with Crippen LogP contribution in [0.4, 0.5) is 5.13 Å². The molecule has 102 valence electrons. The molecular formula is C14H14N4OS. The van der Waals surface area contributed by atoms with Crippen molar-refractivity contribution in [3.8, 4) is 0 Å². The second-order valence-electron chi connectivity index (χ2n) is 4.62. The predicted molar refractivity (Wildman–Crippen MR) is 77.6 cm³/mol. The van der Waals surface area contributed by atoms with Crippen LogP contribution in [0.15, 0.2) is 34.2 Å². The van der Waals surface area contributed by atoms with Crippen molar-refractivity contribution >= 4 is 16.5 Å². The second-order valence-corrected chi connectivity index (χ2v) is 5.51. The van der Waals surface area contributed by atoms with E-state index in [4.69, 9.17) is 10.3 Å². The molecule has 0 radical (unpaired) electrons. The maximum Gasteiger partial charge on any atom is 0.232 e. The fraction of sp³-hybridized carbons (Fsp3) is 0.214. The van der Waals surface area contributed by atoms with Gasteiger partial charge in [0.1, 0.15) is 0 Å². The number of rotatable bonds is 4. The Balaban J connectivity index is 1.70. The highest BCUT2D eigenvalue weighted by Crippen LogP contribution is 2.15. The first kappa shape index (κ1) is 12.8. The van der Waals surface area contributed by atoms with Crippen LogP contribution in [-0.4, -0.2) is 15.1 Å². The Labute approximate surface area is 120 Å². The molecule has 0 bridgehead atoms. The first-order chi connectivity index (χ1) is 9.69. The molecule has 20 heavy (non-hydrogen) atoms. The van der Waals surface area contributed by atoms with Gasteiger partial charge in [0.2, 0.25) is 5.89 Å². The fourth-order valence-corrected chi connectivity index (χ4v) is 2.56. The predicted octanol–water partition coefficient (Wildman–Crippen LogP) is 2.60. The lowest BCUT2D eigenvalue weighted by atomic mass is 10.1. The Morgan fingerprint density at radius 2 is 2.15 bits per heavy atom. The number of benzene rings is 1. The Kier molecular flexibility index (Phi) is 3.47. The monoisotopic (exact) mass is 286 g/mol. The van der Waals surface area contributed by atoms with Crippen LogP contribution in [0.2, 0.25) is 0 Å². The topological polar surface area (TPSA) is 77.8 Å². The van der Waals surface area contributed by atoms with Crippen LogP contribution in [0, 0.1) is 6.92 Å². The van der Waals surface area contributed by atoms with Crippen molar-refractivity contribution in [2.24, 2.45) is 0 Å². The van der Waals surface area contributed by atoms with Gasteiger partial charge in [-0.2, -0.15) is 4.98 Å². The minimum atomic E-state index is 0.522. The molecule has 0 spiro atoms. The van der Waals surface area contributed by atoms with E-state index in [2.05, 4.69) is 40.2 Å². The Morgan fingerprint density at radius 3 is 2.90 bits per heavy atom. The molecule has 0 atom stereocenters. The summed E-state index contributed by atoms with van der Waals surface area (Å²) in [7, 11) is 0. The van der Waals surface area contributed by atoms with Gasteiger partial charge in [-0.05, 0) is 12.5 Å². The average molecular weight is 286 g/mol. The molecule has 0 saturated carbocycles. The summed E-state index contributed by atoms with van der Waals surface area (Å²) in [5.41, 5.74) is 8.86. The lowest BCUT2D eigenvalue weighted by molar-refractivity contribution is 0.379. The van der Waals surface area contributed by atoms with Crippen LogP contribution in [0.3, 0.4) is 0 Å². The lowest BCUT2D eigenvalue weighted by Crippen LogP contribution is -1.93. The molecule has 0 unspecified atom stereocenters. The zero-order valence-corrected chi connectivity index (χ0v) is 11.9. The molecule has 0 amide bonds. The van der Waals surface area contributed by atoms with Gasteiger partial charge in [-0.15, -0.1) is 11.3 Å². The molecule has 2 aromatic heterocycles. The summed E-state index contributed by atoms with van der Waals surface area (Å²) in [6.45, 7) is 2.07. The summed E-state index contributed by atoms with van der Waals surface area (Å²) in [6.07, 6.45) is 1.19. The van der Waals surface area contributed by atoms with Crippen molar-refractivity contribution < 1.29 is 4.52 Å². The Bertz CT molecular complexity index is 719. The molecule has 0 aliphatic heterocycles. The highest BCUT2D eigenvalue weighted by molar-refractivity contribution is 7.13. The van der Waals surface area contributed by atoms with E-state index in [1.165, 1.54) is 22.5 Å². The molecule has 2 heterocycles. The molecule has 0 fully saturated rings. The summed E-state index contributed by atoms with van der Waals surface area (Å²) in [5.74, 6) is 1.26. The molecule has 2 N–H and O–H groups in total. The van der Waals surface area contributed by atoms with Crippen LogP contribution >= 0.6 is 11.3 Å². The normalized spacial score (nSPS) is 10.8. The summed E-state index contributed by atoms with van der Waals surface area (Å²) in [4.78, 5) is 8.57. The van der Waals surface area contributed by atoms with E-state index in [1.807, 2.05) is 11.4 Å². The van der Waals surface area contributed by atoms with Crippen molar-refractivity contribution in [2.75, 3.05) is 5.73 Å². The summed E-state index contributed by atoms with van der Waals surface area (Å²) in [5, 5.41) is 6.46. The van der Waals surface area contributed by atoms with E-state index in [9.17, 15) is 0 Å². The summed E-state index contributed by atoms with van der Waals surface area (Å²) >= 11 is 1.41. The van der Waals surface area contributed by atoms with E-state index in [0.717, 1.165) is 5.69 Å². The van der Waals surface area contributed by atoms with Crippen LogP contribution in [0.5, 0.6) is 0 Å². The van der Waals surface area contributed by atoms with E-state index >= 15 is 0 Å². The molecule has 1 aromatic carbocycles. The van der Waals surface area contributed by atoms with E-state index in [1.54, 1.807) is 0 Å². The van der Waals surface area contributed by atoms with Crippen molar-refractivity contribution in [1.82, 2.24) is 15.1 Å². The fourth-order valence-electron chi connectivity index (χ4n) is 2.00.